The number of nitrogens with one attached hydrogen (secondary N) is 1. The van der Waals surface area contributed by atoms with Crippen molar-refractivity contribution in [2.75, 3.05) is 11.5 Å². The molecule has 0 radical (unpaired) electrons. The Labute approximate surface area is 127 Å². The number of hydrogen-bond acceptors (Lipinski definition) is 3. The topological polar surface area (TPSA) is 66.4 Å². The lowest BCUT2D eigenvalue weighted by atomic mass is 9.90. The molecule has 0 spiro atoms. The first-order valence-electron chi connectivity index (χ1n) is 6.83. The first-order valence-corrected chi connectivity index (χ1v) is 7.99. The fourth-order valence-corrected chi connectivity index (χ4v) is 3.57. The highest BCUT2D eigenvalue weighted by atomic mass is 32.2. The van der Waals surface area contributed by atoms with Crippen LogP contribution in [0.4, 0.5) is 4.39 Å². The van der Waals surface area contributed by atoms with E-state index in [4.69, 9.17) is 0 Å². The summed E-state index contributed by atoms with van der Waals surface area (Å²) in [5, 5.41) is 12.1. The lowest BCUT2D eigenvalue weighted by Gasteiger charge is -2.34. The van der Waals surface area contributed by atoms with Crippen molar-refractivity contribution < 1.29 is 19.1 Å². The number of carboxylic acid groups (broad SMARTS) is 1. The number of aliphatic carboxylic acids is 1. The number of rotatable bonds is 4. The molecule has 1 aliphatic rings. The predicted molar refractivity (Wildman–Crippen MR) is 79.9 cm³/mol. The average Bonchev–Trinajstić information content (AvgIpc) is 2.47. The van der Waals surface area contributed by atoms with Crippen LogP contribution in [-0.4, -0.2) is 34.0 Å². The Hall–Kier alpha value is -1.56. The number of halogens is 1. The van der Waals surface area contributed by atoms with Crippen molar-refractivity contribution in [3.05, 3.63) is 35.6 Å². The van der Waals surface area contributed by atoms with Crippen LogP contribution in [-0.2, 0) is 9.59 Å². The molecule has 1 unspecified atom stereocenters. The predicted octanol–water partition coefficient (Wildman–Crippen LogP) is 2.40. The molecule has 1 atom stereocenters. The summed E-state index contributed by atoms with van der Waals surface area (Å²) < 4.78 is 13.2. The molecule has 0 bridgehead atoms. The third-order valence-electron chi connectivity index (χ3n) is 3.86. The summed E-state index contributed by atoms with van der Waals surface area (Å²) >= 11 is 1.68. The molecule has 4 nitrogen and oxygen atoms in total. The zero-order chi connectivity index (χ0) is 15.5. The molecule has 1 saturated heterocycles. The number of carbonyl (C=O) groups excluding carboxylic acids is 1. The first kappa shape index (κ1) is 15.8. The van der Waals surface area contributed by atoms with Crippen LogP contribution in [0.2, 0.25) is 0 Å². The molecule has 0 aromatic heterocycles. The lowest BCUT2D eigenvalue weighted by Crippen LogP contribution is -2.57. The van der Waals surface area contributed by atoms with Gasteiger partial charge in [-0.25, -0.2) is 9.18 Å². The number of benzene rings is 1. The van der Waals surface area contributed by atoms with E-state index in [9.17, 15) is 19.1 Å². The molecular formula is C15H18FNO3S. The number of carbonyl (C=O) groups is 2. The molecule has 1 aliphatic heterocycles. The van der Waals surface area contributed by atoms with Crippen molar-refractivity contribution in [2.24, 2.45) is 0 Å². The molecule has 0 aliphatic carbocycles. The standard InChI is InChI=1S/C15H18FNO3S/c1-10(11-3-2-4-12(16)9-11)13(18)17-15(14(19)20)5-7-21-8-6-15/h2-4,9-10H,5-8H2,1H3,(H,17,18)(H,19,20). The van der Waals surface area contributed by atoms with E-state index in [1.165, 1.54) is 12.1 Å². The molecule has 0 saturated carbocycles. The fourth-order valence-electron chi connectivity index (χ4n) is 2.38. The Morgan fingerprint density at radius 3 is 2.62 bits per heavy atom. The highest BCUT2D eigenvalue weighted by Gasteiger charge is 2.42. The van der Waals surface area contributed by atoms with Gasteiger partial charge in [0.25, 0.3) is 0 Å². The normalized spacial score (nSPS) is 18.8. The van der Waals surface area contributed by atoms with Crippen LogP contribution in [0.5, 0.6) is 0 Å². The number of carboxylic acids is 1. The van der Waals surface area contributed by atoms with E-state index in [0.717, 1.165) is 0 Å². The summed E-state index contributed by atoms with van der Waals surface area (Å²) in [5.74, 6) is -0.958. The Balaban J connectivity index is 2.13. The van der Waals surface area contributed by atoms with Crippen LogP contribution in [0.3, 0.4) is 0 Å². The number of hydrogen-bond donors (Lipinski definition) is 2. The summed E-state index contributed by atoms with van der Waals surface area (Å²) in [5.41, 5.74) is -0.651. The van der Waals surface area contributed by atoms with Crippen LogP contribution < -0.4 is 5.32 Å². The molecule has 1 amide bonds. The maximum absolute atomic E-state index is 13.2. The van der Waals surface area contributed by atoms with Gasteiger partial charge in [0, 0.05) is 0 Å². The van der Waals surface area contributed by atoms with Gasteiger partial charge >= 0.3 is 5.97 Å². The van der Waals surface area contributed by atoms with Crippen LogP contribution in [0.15, 0.2) is 24.3 Å². The Bertz CT molecular complexity index is 543. The lowest BCUT2D eigenvalue weighted by molar-refractivity contribution is -0.148. The zero-order valence-corrected chi connectivity index (χ0v) is 12.6. The third-order valence-corrected chi connectivity index (χ3v) is 4.85. The minimum Gasteiger partial charge on any atom is -0.480 e. The highest BCUT2D eigenvalue weighted by molar-refractivity contribution is 7.99. The van der Waals surface area contributed by atoms with E-state index in [1.54, 1.807) is 30.8 Å². The van der Waals surface area contributed by atoms with Gasteiger partial charge < -0.3 is 10.4 Å². The molecule has 2 N–H and O–H groups in total. The zero-order valence-electron chi connectivity index (χ0n) is 11.8. The smallest absolute Gasteiger partial charge is 0.329 e. The van der Waals surface area contributed by atoms with Gasteiger partial charge in [-0.2, -0.15) is 11.8 Å². The maximum Gasteiger partial charge on any atom is 0.329 e. The third kappa shape index (κ3) is 3.56. The van der Waals surface area contributed by atoms with E-state index in [-0.39, 0.29) is 5.91 Å². The van der Waals surface area contributed by atoms with Gasteiger partial charge in [0.2, 0.25) is 5.91 Å². The second-order valence-electron chi connectivity index (χ2n) is 5.27. The quantitative estimate of drug-likeness (QED) is 0.896. The van der Waals surface area contributed by atoms with Gasteiger partial charge in [-0.1, -0.05) is 12.1 Å². The fraction of sp³-hybridized carbons (Fsp3) is 0.467. The summed E-state index contributed by atoms with van der Waals surface area (Å²) in [6, 6.07) is 5.82. The van der Waals surface area contributed by atoms with Crippen molar-refractivity contribution in [3.8, 4) is 0 Å². The maximum atomic E-state index is 13.2. The first-order chi connectivity index (χ1) is 9.94. The number of amides is 1. The minimum atomic E-state index is -1.19. The highest BCUT2D eigenvalue weighted by Crippen LogP contribution is 2.28. The molecule has 1 aromatic rings. The van der Waals surface area contributed by atoms with E-state index in [2.05, 4.69) is 5.32 Å². The molecule has 6 heteroatoms. The van der Waals surface area contributed by atoms with Gasteiger partial charge in [0.15, 0.2) is 0 Å². The molecule has 21 heavy (non-hydrogen) atoms. The van der Waals surface area contributed by atoms with Gasteiger partial charge in [-0.3, -0.25) is 4.79 Å². The molecule has 1 fully saturated rings. The van der Waals surface area contributed by atoms with Crippen LogP contribution in [0, 0.1) is 5.82 Å². The summed E-state index contributed by atoms with van der Waals surface area (Å²) in [7, 11) is 0. The van der Waals surface area contributed by atoms with Gasteiger partial charge in [0.1, 0.15) is 11.4 Å². The Morgan fingerprint density at radius 1 is 1.38 bits per heavy atom. The Kier molecular flexibility index (Phi) is 4.88. The molecule has 2 rings (SSSR count). The van der Waals surface area contributed by atoms with E-state index < -0.39 is 23.2 Å². The molecule has 1 aromatic carbocycles. The van der Waals surface area contributed by atoms with E-state index >= 15 is 0 Å². The minimum absolute atomic E-state index is 0.380. The Morgan fingerprint density at radius 2 is 2.05 bits per heavy atom. The second kappa shape index (κ2) is 6.47. The largest absolute Gasteiger partial charge is 0.480 e. The molecular weight excluding hydrogens is 293 g/mol. The summed E-state index contributed by atoms with van der Waals surface area (Å²) in [6.07, 6.45) is 0.823. The molecule has 114 valence electrons. The SMILES string of the molecule is CC(C(=O)NC1(C(=O)O)CCSCC1)c1cccc(F)c1. The van der Waals surface area contributed by atoms with Crippen LogP contribution >= 0.6 is 11.8 Å². The van der Waals surface area contributed by atoms with Crippen molar-refractivity contribution >= 4 is 23.6 Å². The van der Waals surface area contributed by atoms with Crippen molar-refractivity contribution in [2.45, 2.75) is 31.2 Å². The van der Waals surface area contributed by atoms with Crippen molar-refractivity contribution in [1.29, 1.82) is 0 Å². The second-order valence-corrected chi connectivity index (χ2v) is 6.49. The average molecular weight is 311 g/mol. The van der Waals surface area contributed by atoms with E-state index in [0.29, 0.717) is 29.9 Å². The summed E-state index contributed by atoms with van der Waals surface area (Å²) in [4.78, 5) is 23.9. The monoisotopic (exact) mass is 311 g/mol. The van der Waals surface area contributed by atoms with Gasteiger partial charge in [0.05, 0.1) is 5.92 Å². The van der Waals surface area contributed by atoms with Gasteiger partial charge in [-0.15, -0.1) is 0 Å². The van der Waals surface area contributed by atoms with Crippen molar-refractivity contribution in [3.63, 3.8) is 0 Å². The van der Waals surface area contributed by atoms with Crippen LogP contribution in [0.25, 0.3) is 0 Å². The summed E-state index contributed by atoms with van der Waals surface area (Å²) in [6.45, 7) is 1.65. The van der Waals surface area contributed by atoms with E-state index in [1.807, 2.05) is 0 Å². The molecule has 1 heterocycles. The van der Waals surface area contributed by atoms with Crippen molar-refractivity contribution in [1.82, 2.24) is 5.32 Å². The van der Waals surface area contributed by atoms with Gasteiger partial charge in [-0.05, 0) is 49.0 Å². The van der Waals surface area contributed by atoms with Crippen LogP contribution in [0.1, 0.15) is 31.2 Å². The number of thioether (sulfide) groups is 1.